The predicted octanol–water partition coefficient (Wildman–Crippen LogP) is 5.02. The second kappa shape index (κ2) is 4.99. The molecule has 0 aromatic heterocycles. The van der Waals surface area contributed by atoms with Crippen LogP contribution >= 0.6 is 0 Å². The molecule has 4 rings (SSSR count). The summed E-state index contributed by atoms with van der Waals surface area (Å²) in [5, 5.41) is 0. The van der Waals surface area contributed by atoms with Crippen LogP contribution in [0.5, 0.6) is 0 Å². The Balaban J connectivity index is 2.11. The molecule has 0 fully saturated rings. The molecule has 3 unspecified atom stereocenters. The van der Waals surface area contributed by atoms with Crippen LogP contribution in [0.1, 0.15) is 32.3 Å². The number of hydrogen-bond donors (Lipinski definition) is 0. The zero-order chi connectivity index (χ0) is 15.1. The van der Waals surface area contributed by atoms with E-state index in [1.54, 1.807) is 0 Å². The summed E-state index contributed by atoms with van der Waals surface area (Å²) >= 11 is 0. The Bertz CT molecular complexity index is 610. The van der Waals surface area contributed by atoms with Crippen molar-refractivity contribution in [2.24, 2.45) is 11.3 Å². The third kappa shape index (κ3) is 2.20. The first-order valence-corrected chi connectivity index (χ1v) is 7.68. The first-order chi connectivity index (χ1) is 10.0. The van der Waals surface area contributed by atoms with Crippen molar-refractivity contribution in [2.45, 2.75) is 32.3 Å². The molecule has 2 bridgehead atoms. The van der Waals surface area contributed by atoms with Gasteiger partial charge >= 0.3 is 0 Å². The molecule has 1 heteroatoms. The molecule has 3 aliphatic carbocycles. The molecule has 3 aliphatic rings. The van der Waals surface area contributed by atoms with Crippen molar-refractivity contribution >= 4 is 5.57 Å². The quantitative estimate of drug-likeness (QED) is 0.704. The lowest BCUT2D eigenvalue weighted by atomic mass is 9.56. The molecule has 0 saturated carbocycles. The molecular formula is C20H24O. The van der Waals surface area contributed by atoms with E-state index in [-0.39, 0.29) is 11.0 Å². The van der Waals surface area contributed by atoms with Gasteiger partial charge in [0.15, 0.2) is 0 Å². The van der Waals surface area contributed by atoms with Crippen LogP contribution in [0.2, 0.25) is 0 Å². The molecular weight excluding hydrogens is 256 g/mol. The molecule has 1 aromatic carbocycles. The molecule has 1 aromatic rings. The minimum atomic E-state index is -0.111. The fraction of sp³-hybridized carbons (Fsp3) is 0.400. The third-order valence-corrected chi connectivity index (χ3v) is 5.16. The van der Waals surface area contributed by atoms with Gasteiger partial charge in [-0.25, -0.2) is 0 Å². The van der Waals surface area contributed by atoms with E-state index in [9.17, 15) is 0 Å². The number of hydrogen-bond acceptors (Lipinski definition) is 1. The number of fused-ring (bicyclic) bond motifs is 1. The Morgan fingerprint density at radius 1 is 1.29 bits per heavy atom. The monoisotopic (exact) mass is 280 g/mol. The predicted molar refractivity (Wildman–Crippen MR) is 88.9 cm³/mol. The number of rotatable bonds is 4. The highest BCUT2D eigenvalue weighted by Gasteiger charge is 2.50. The maximum Gasteiger partial charge on any atom is 0.0761 e. The molecule has 0 radical (unpaired) electrons. The standard InChI is InChI=1S/C20H24O/c1-5-9-16-13-19(2)14-20(3,21-4)18(16)12-17(19)15-10-7-6-8-11-15/h5-8,10-13,18H,1,9,14H2,2-4H3. The SMILES string of the molecule is C=CCC1=CC2(C)CC(C)(OC)C1C=C2c1ccccc1. The zero-order valence-electron chi connectivity index (χ0n) is 13.2. The van der Waals surface area contributed by atoms with E-state index >= 15 is 0 Å². The van der Waals surface area contributed by atoms with Gasteiger partial charge in [-0.15, -0.1) is 6.58 Å². The lowest BCUT2D eigenvalue weighted by molar-refractivity contribution is -0.0505. The van der Waals surface area contributed by atoms with Crippen LogP contribution in [0, 0.1) is 11.3 Å². The van der Waals surface area contributed by atoms with Gasteiger partial charge in [0.2, 0.25) is 0 Å². The van der Waals surface area contributed by atoms with Crippen LogP contribution in [0.25, 0.3) is 5.57 Å². The average molecular weight is 280 g/mol. The van der Waals surface area contributed by atoms with Gasteiger partial charge in [-0.2, -0.15) is 0 Å². The Hall–Kier alpha value is -1.60. The number of ether oxygens (including phenoxy) is 1. The summed E-state index contributed by atoms with van der Waals surface area (Å²) in [4.78, 5) is 0. The average Bonchev–Trinajstić information content (AvgIpc) is 2.47. The molecule has 0 spiro atoms. The molecule has 110 valence electrons. The Labute approximate surface area is 128 Å². The van der Waals surface area contributed by atoms with Crippen molar-refractivity contribution in [2.75, 3.05) is 7.11 Å². The van der Waals surface area contributed by atoms with E-state index in [0.717, 1.165) is 12.8 Å². The molecule has 0 heterocycles. The second-order valence-corrected chi connectivity index (χ2v) is 6.75. The summed E-state index contributed by atoms with van der Waals surface area (Å²) in [5.74, 6) is 0.345. The molecule has 0 amide bonds. The largest absolute Gasteiger partial charge is 0.378 e. The fourth-order valence-corrected chi connectivity index (χ4v) is 4.19. The van der Waals surface area contributed by atoms with Crippen molar-refractivity contribution in [3.8, 4) is 0 Å². The first kappa shape index (κ1) is 14.3. The van der Waals surface area contributed by atoms with Crippen molar-refractivity contribution in [1.29, 1.82) is 0 Å². The van der Waals surface area contributed by atoms with Gasteiger partial charge in [0, 0.05) is 18.4 Å². The highest BCUT2D eigenvalue weighted by Crippen LogP contribution is 2.57. The van der Waals surface area contributed by atoms with Crippen molar-refractivity contribution in [1.82, 2.24) is 0 Å². The summed E-state index contributed by atoms with van der Waals surface area (Å²) in [6.45, 7) is 8.48. The second-order valence-electron chi connectivity index (χ2n) is 6.75. The van der Waals surface area contributed by atoms with Gasteiger partial charge in [0.25, 0.3) is 0 Å². The van der Waals surface area contributed by atoms with Gasteiger partial charge < -0.3 is 4.74 Å². The Morgan fingerprint density at radius 3 is 2.57 bits per heavy atom. The van der Waals surface area contributed by atoms with Crippen LogP contribution in [0.15, 0.2) is 60.7 Å². The van der Waals surface area contributed by atoms with Crippen LogP contribution in [0.4, 0.5) is 0 Å². The van der Waals surface area contributed by atoms with Crippen LogP contribution in [-0.2, 0) is 4.74 Å². The van der Waals surface area contributed by atoms with Crippen LogP contribution < -0.4 is 0 Å². The van der Waals surface area contributed by atoms with Gasteiger partial charge in [-0.05, 0) is 30.9 Å². The zero-order valence-corrected chi connectivity index (χ0v) is 13.2. The molecule has 21 heavy (non-hydrogen) atoms. The van der Waals surface area contributed by atoms with E-state index in [0.29, 0.717) is 5.92 Å². The number of benzene rings is 1. The van der Waals surface area contributed by atoms with Gasteiger partial charge in [-0.1, -0.05) is 61.1 Å². The maximum absolute atomic E-state index is 5.92. The molecule has 0 aliphatic heterocycles. The van der Waals surface area contributed by atoms with Crippen molar-refractivity contribution in [3.63, 3.8) is 0 Å². The summed E-state index contributed by atoms with van der Waals surface area (Å²) in [5.41, 5.74) is 4.15. The van der Waals surface area contributed by atoms with Gasteiger partial charge in [-0.3, -0.25) is 0 Å². The lowest BCUT2D eigenvalue weighted by Gasteiger charge is -2.52. The van der Waals surface area contributed by atoms with E-state index in [4.69, 9.17) is 4.74 Å². The third-order valence-electron chi connectivity index (χ3n) is 5.16. The van der Waals surface area contributed by atoms with E-state index in [1.807, 2.05) is 13.2 Å². The minimum Gasteiger partial charge on any atom is -0.378 e. The van der Waals surface area contributed by atoms with E-state index < -0.39 is 0 Å². The number of methoxy groups -OCH3 is 1. The molecule has 0 saturated heterocycles. The summed E-state index contributed by atoms with van der Waals surface area (Å²) in [6, 6.07) is 10.7. The Morgan fingerprint density at radius 2 is 2.00 bits per heavy atom. The normalized spacial score (nSPS) is 34.3. The summed E-state index contributed by atoms with van der Waals surface area (Å²) < 4.78 is 5.92. The van der Waals surface area contributed by atoms with E-state index in [2.05, 4.69) is 62.9 Å². The lowest BCUT2D eigenvalue weighted by Crippen LogP contribution is -2.48. The summed E-state index contributed by atoms with van der Waals surface area (Å²) in [6.07, 6.45) is 8.87. The van der Waals surface area contributed by atoms with Gasteiger partial charge in [0.05, 0.1) is 5.60 Å². The van der Waals surface area contributed by atoms with E-state index in [1.165, 1.54) is 16.7 Å². The highest BCUT2D eigenvalue weighted by atomic mass is 16.5. The van der Waals surface area contributed by atoms with Crippen LogP contribution in [0.3, 0.4) is 0 Å². The smallest absolute Gasteiger partial charge is 0.0761 e. The molecule has 1 nitrogen and oxygen atoms in total. The minimum absolute atomic E-state index is 0.0409. The number of allylic oxidation sites excluding steroid dienone is 3. The van der Waals surface area contributed by atoms with Crippen LogP contribution in [-0.4, -0.2) is 12.7 Å². The fourth-order valence-electron chi connectivity index (χ4n) is 4.19. The highest BCUT2D eigenvalue weighted by molar-refractivity contribution is 5.76. The Kier molecular flexibility index (Phi) is 3.41. The first-order valence-electron chi connectivity index (χ1n) is 7.68. The summed E-state index contributed by atoms with van der Waals surface area (Å²) in [7, 11) is 1.84. The van der Waals surface area contributed by atoms with Crippen molar-refractivity contribution in [3.05, 3.63) is 66.3 Å². The van der Waals surface area contributed by atoms with Gasteiger partial charge in [0.1, 0.15) is 0 Å². The topological polar surface area (TPSA) is 9.23 Å². The molecule has 3 atom stereocenters. The molecule has 0 N–H and O–H groups in total. The van der Waals surface area contributed by atoms with Crippen molar-refractivity contribution < 1.29 is 4.74 Å². The maximum atomic E-state index is 5.92.